The van der Waals surface area contributed by atoms with Crippen molar-refractivity contribution < 1.29 is 15.0 Å². The Bertz CT molecular complexity index is 803. The van der Waals surface area contributed by atoms with E-state index in [4.69, 9.17) is 11.6 Å². The van der Waals surface area contributed by atoms with Crippen LogP contribution in [0.25, 0.3) is 6.08 Å². The number of nitrogens with one attached hydrogen (secondary N) is 1. The third-order valence-electron chi connectivity index (χ3n) is 3.39. The van der Waals surface area contributed by atoms with E-state index in [1.807, 2.05) is 43.3 Å². The second-order valence-corrected chi connectivity index (χ2v) is 5.55. The second kappa shape index (κ2) is 7.53. The summed E-state index contributed by atoms with van der Waals surface area (Å²) in [5.74, 6) is -1.42. The molecule has 1 atom stereocenters. The minimum absolute atomic E-state index is 0.0726. The smallest absolute Gasteiger partial charge is 0.262 e. The van der Waals surface area contributed by atoms with E-state index < -0.39 is 17.4 Å². The van der Waals surface area contributed by atoms with Crippen LogP contribution in [-0.2, 0) is 4.79 Å². The molecule has 6 heteroatoms. The van der Waals surface area contributed by atoms with E-state index >= 15 is 0 Å². The van der Waals surface area contributed by atoms with Crippen molar-refractivity contribution in [3.05, 3.63) is 64.2 Å². The molecule has 3 N–H and O–H groups in total. The minimum Gasteiger partial charge on any atom is -0.504 e. The molecule has 5 nitrogen and oxygen atoms in total. The molecule has 122 valence electrons. The number of halogens is 1. The molecule has 0 aliphatic heterocycles. The number of nitrogens with zero attached hydrogens (tertiary/aromatic N) is 1. The van der Waals surface area contributed by atoms with Crippen molar-refractivity contribution in [2.45, 2.75) is 13.0 Å². The standard InChI is InChI=1S/C18H15ClN2O3/c1-11(13-5-3-2-4-6-13)21-18(24)14(10-20)7-12-8-15(19)17(23)16(22)9-12/h2-9,11,22-23H,1H3,(H,21,24)/b14-7+/t11-/m0/s1. The van der Waals surface area contributed by atoms with Gasteiger partial charge in [0.2, 0.25) is 0 Å². The van der Waals surface area contributed by atoms with Crippen molar-refractivity contribution in [1.29, 1.82) is 5.26 Å². The molecule has 0 aliphatic carbocycles. The van der Waals surface area contributed by atoms with Gasteiger partial charge in [0, 0.05) is 0 Å². The molecule has 0 aromatic heterocycles. The summed E-state index contributed by atoms with van der Waals surface area (Å²) in [6.45, 7) is 1.81. The molecular weight excluding hydrogens is 328 g/mol. The number of rotatable bonds is 4. The van der Waals surface area contributed by atoms with Crippen LogP contribution in [0.5, 0.6) is 11.5 Å². The summed E-state index contributed by atoms with van der Waals surface area (Å²) in [4.78, 5) is 12.3. The zero-order chi connectivity index (χ0) is 17.7. The van der Waals surface area contributed by atoms with Crippen LogP contribution in [0.3, 0.4) is 0 Å². The lowest BCUT2D eigenvalue weighted by Gasteiger charge is -2.13. The summed E-state index contributed by atoms with van der Waals surface area (Å²) in [5, 5.41) is 30.9. The number of hydrogen-bond acceptors (Lipinski definition) is 4. The van der Waals surface area contributed by atoms with Crippen molar-refractivity contribution in [3.8, 4) is 17.6 Å². The molecule has 2 aromatic carbocycles. The third-order valence-corrected chi connectivity index (χ3v) is 3.68. The predicted octanol–water partition coefficient (Wildman–Crippen LogP) is 3.54. The minimum atomic E-state index is -0.544. The Morgan fingerprint density at radius 3 is 2.54 bits per heavy atom. The maximum atomic E-state index is 12.3. The molecule has 0 saturated carbocycles. The first-order chi connectivity index (χ1) is 11.4. The van der Waals surface area contributed by atoms with Crippen molar-refractivity contribution in [3.63, 3.8) is 0 Å². The number of phenolic OH excluding ortho intramolecular Hbond substituents is 2. The van der Waals surface area contributed by atoms with Gasteiger partial charge < -0.3 is 15.5 Å². The summed E-state index contributed by atoms with van der Waals surface area (Å²) in [6, 6.07) is 13.5. The number of phenols is 2. The quantitative estimate of drug-likeness (QED) is 0.450. The lowest BCUT2D eigenvalue weighted by molar-refractivity contribution is -0.117. The van der Waals surface area contributed by atoms with Crippen LogP contribution in [0.1, 0.15) is 24.1 Å². The number of benzene rings is 2. The van der Waals surface area contributed by atoms with E-state index in [2.05, 4.69) is 5.32 Å². The largest absolute Gasteiger partial charge is 0.504 e. The van der Waals surface area contributed by atoms with Crippen LogP contribution >= 0.6 is 11.6 Å². The molecule has 2 aromatic rings. The SMILES string of the molecule is C[C@H](NC(=O)/C(C#N)=C/c1cc(O)c(O)c(Cl)c1)c1ccccc1. The van der Waals surface area contributed by atoms with Crippen LogP contribution in [-0.4, -0.2) is 16.1 Å². The van der Waals surface area contributed by atoms with Gasteiger partial charge in [0.1, 0.15) is 11.6 Å². The van der Waals surface area contributed by atoms with Crippen LogP contribution < -0.4 is 5.32 Å². The van der Waals surface area contributed by atoms with Crippen molar-refractivity contribution >= 4 is 23.6 Å². The molecule has 0 heterocycles. The average molecular weight is 343 g/mol. The van der Waals surface area contributed by atoms with E-state index in [1.54, 1.807) is 0 Å². The zero-order valence-corrected chi connectivity index (χ0v) is 13.6. The van der Waals surface area contributed by atoms with Crippen LogP contribution in [0.4, 0.5) is 0 Å². The van der Waals surface area contributed by atoms with Gasteiger partial charge in [-0.05, 0) is 36.3 Å². The molecule has 0 aliphatic rings. The first-order valence-corrected chi connectivity index (χ1v) is 7.49. The van der Waals surface area contributed by atoms with E-state index in [-0.39, 0.29) is 16.6 Å². The fraction of sp³-hybridized carbons (Fsp3) is 0.111. The van der Waals surface area contributed by atoms with Gasteiger partial charge in [-0.15, -0.1) is 0 Å². The van der Waals surface area contributed by atoms with Crippen LogP contribution in [0.2, 0.25) is 5.02 Å². The maximum absolute atomic E-state index is 12.3. The number of aromatic hydroxyl groups is 2. The Balaban J connectivity index is 2.22. The normalized spacial score (nSPS) is 12.3. The number of amides is 1. The van der Waals surface area contributed by atoms with Crippen LogP contribution in [0.15, 0.2) is 48.0 Å². The van der Waals surface area contributed by atoms with Gasteiger partial charge in [-0.2, -0.15) is 5.26 Å². The highest BCUT2D eigenvalue weighted by molar-refractivity contribution is 6.32. The predicted molar refractivity (Wildman–Crippen MR) is 91.4 cm³/mol. The summed E-state index contributed by atoms with van der Waals surface area (Å²) in [6.07, 6.45) is 1.29. The van der Waals surface area contributed by atoms with Crippen molar-refractivity contribution in [2.24, 2.45) is 0 Å². The molecule has 0 unspecified atom stereocenters. The van der Waals surface area contributed by atoms with E-state index in [0.29, 0.717) is 5.56 Å². The van der Waals surface area contributed by atoms with E-state index in [9.17, 15) is 20.3 Å². The van der Waals surface area contributed by atoms with Gasteiger partial charge in [-0.25, -0.2) is 0 Å². The molecular formula is C18H15ClN2O3. The number of carbonyl (C=O) groups excluding carboxylic acids is 1. The lowest BCUT2D eigenvalue weighted by atomic mass is 10.1. The Morgan fingerprint density at radius 1 is 1.29 bits per heavy atom. The second-order valence-electron chi connectivity index (χ2n) is 5.15. The number of nitriles is 1. The fourth-order valence-electron chi connectivity index (χ4n) is 2.10. The zero-order valence-electron chi connectivity index (χ0n) is 12.8. The molecule has 0 radical (unpaired) electrons. The van der Waals surface area contributed by atoms with E-state index in [0.717, 1.165) is 5.56 Å². The Kier molecular flexibility index (Phi) is 5.46. The molecule has 0 spiro atoms. The molecule has 1 amide bonds. The first kappa shape index (κ1) is 17.4. The monoisotopic (exact) mass is 342 g/mol. The molecule has 2 rings (SSSR count). The highest BCUT2D eigenvalue weighted by atomic mass is 35.5. The number of carbonyl (C=O) groups is 1. The summed E-state index contributed by atoms with van der Waals surface area (Å²) >= 11 is 5.77. The third kappa shape index (κ3) is 4.06. The number of hydrogen-bond donors (Lipinski definition) is 3. The van der Waals surface area contributed by atoms with Gasteiger partial charge >= 0.3 is 0 Å². The van der Waals surface area contributed by atoms with Crippen molar-refractivity contribution in [1.82, 2.24) is 5.32 Å². The lowest BCUT2D eigenvalue weighted by Crippen LogP contribution is -2.27. The fourth-order valence-corrected chi connectivity index (χ4v) is 2.33. The van der Waals surface area contributed by atoms with Crippen LogP contribution in [0, 0.1) is 11.3 Å². The van der Waals surface area contributed by atoms with Gasteiger partial charge in [0.25, 0.3) is 5.91 Å². The molecule has 0 fully saturated rings. The topological polar surface area (TPSA) is 93.4 Å². The van der Waals surface area contributed by atoms with Gasteiger partial charge in [-0.3, -0.25) is 4.79 Å². The van der Waals surface area contributed by atoms with Gasteiger partial charge in [0.05, 0.1) is 11.1 Å². The summed E-state index contributed by atoms with van der Waals surface area (Å²) in [7, 11) is 0. The highest BCUT2D eigenvalue weighted by Gasteiger charge is 2.14. The highest BCUT2D eigenvalue weighted by Crippen LogP contribution is 2.34. The Morgan fingerprint density at radius 2 is 1.96 bits per heavy atom. The Labute approximate surface area is 144 Å². The molecule has 24 heavy (non-hydrogen) atoms. The Hall–Kier alpha value is -2.97. The molecule has 0 bridgehead atoms. The maximum Gasteiger partial charge on any atom is 0.262 e. The van der Waals surface area contributed by atoms with Crippen molar-refractivity contribution in [2.75, 3.05) is 0 Å². The van der Waals surface area contributed by atoms with Gasteiger partial charge in [-0.1, -0.05) is 41.9 Å². The molecule has 0 saturated heterocycles. The first-order valence-electron chi connectivity index (χ1n) is 7.11. The summed E-state index contributed by atoms with van der Waals surface area (Å²) in [5.41, 5.74) is 1.10. The summed E-state index contributed by atoms with van der Waals surface area (Å²) < 4.78 is 0. The van der Waals surface area contributed by atoms with Gasteiger partial charge in [0.15, 0.2) is 11.5 Å². The van der Waals surface area contributed by atoms with E-state index in [1.165, 1.54) is 18.2 Å². The average Bonchev–Trinajstić information content (AvgIpc) is 2.58.